The molecule has 19 heavy (non-hydrogen) atoms. The van der Waals surface area contributed by atoms with Gasteiger partial charge in [-0.2, -0.15) is 0 Å². The second kappa shape index (κ2) is 7.26. The molecule has 0 bridgehead atoms. The molecule has 1 saturated heterocycles. The molecule has 0 radical (unpaired) electrons. The lowest BCUT2D eigenvalue weighted by molar-refractivity contribution is -0.122. The summed E-state index contributed by atoms with van der Waals surface area (Å²) in [4.78, 5) is 11.8. The Hall–Kier alpha value is -1.39. The zero-order valence-electron chi connectivity index (χ0n) is 11.4. The average molecular weight is 262 g/mol. The first-order chi connectivity index (χ1) is 9.29. The number of methoxy groups -OCH3 is 1. The van der Waals surface area contributed by atoms with E-state index in [4.69, 9.17) is 4.74 Å². The molecule has 2 N–H and O–H groups in total. The molecule has 1 aliphatic heterocycles. The Bertz CT molecular complexity index is 388. The van der Waals surface area contributed by atoms with Crippen LogP contribution in [0.15, 0.2) is 30.3 Å². The minimum absolute atomic E-state index is 0.0818. The second-order valence-corrected chi connectivity index (χ2v) is 4.94. The molecule has 1 aromatic carbocycles. The number of nitrogens with one attached hydrogen (secondary N) is 2. The normalized spacial score (nSPS) is 20.2. The van der Waals surface area contributed by atoms with Gasteiger partial charge >= 0.3 is 0 Å². The Morgan fingerprint density at radius 1 is 1.47 bits per heavy atom. The van der Waals surface area contributed by atoms with E-state index >= 15 is 0 Å². The van der Waals surface area contributed by atoms with E-state index in [1.807, 2.05) is 30.3 Å². The first-order valence-electron chi connectivity index (χ1n) is 6.87. The van der Waals surface area contributed by atoms with Crippen LogP contribution in [0.2, 0.25) is 0 Å². The van der Waals surface area contributed by atoms with Crippen molar-refractivity contribution in [2.75, 3.05) is 20.2 Å². The highest BCUT2D eigenvalue weighted by Gasteiger charge is 2.18. The molecule has 1 aromatic rings. The van der Waals surface area contributed by atoms with Crippen molar-refractivity contribution in [2.45, 2.75) is 31.4 Å². The smallest absolute Gasteiger partial charge is 0.221 e. The van der Waals surface area contributed by atoms with Crippen LogP contribution in [0.1, 0.15) is 30.9 Å². The van der Waals surface area contributed by atoms with Crippen molar-refractivity contribution in [1.82, 2.24) is 10.6 Å². The number of carbonyl (C=O) groups excluding carboxylic acids is 1. The Labute approximate surface area is 114 Å². The van der Waals surface area contributed by atoms with E-state index in [2.05, 4.69) is 10.6 Å². The van der Waals surface area contributed by atoms with Gasteiger partial charge in [0.05, 0.1) is 6.10 Å². The standard InChI is InChI=1S/C15H22N2O2/c1-19-14(12-6-3-2-4-7-12)11-17-15(18)10-13-8-5-9-16-13/h2-4,6-7,13-14,16H,5,8-11H2,1H3,(H,17,18). The van der Waals surface area contributed by atoms with Crippen molar-refractivity contribution < 1.29 is 9.53 Å². The number of benzene rings is 1. The summed E-state index contributed by atoms with van der Waals surface area (Å²) in [5.41, 5.74) is 1.09. The fourth-order valence-electron chi connectivity index (χ4n) is 2.44. The fraction of sp³-hybridized carbons (Fsp3) is 0.533. The van der Waals surface area contributed by atoms with Crippen LogP contribution in [0.25, 0.3) is 0 Å². The lowest BCUT2D eigenvalue weighted by Crippen LogP contribution is -2.34. The number of hydrogen-bond donors (Lipinski definition) is 2. The molecule has 1 heterocycles. The molecule has 4 nitrogen and oxygen atoms in total. The van der Waals surface area contributed by atoms with E-state index in [-0.39, 0.29) is 12.0 Å². The first-order valence-corrected chi connectivity index (χ1v) is 6.87. The largest absolute Gasteiger partial charge is 0.375 e. The van der Waals surface area contributed by atoms with Gasteiger partial charge in [-0.25, -0.2) is 0 Å². The van der Waals surface area contributed by atoms with Gasteiger partial charge in [0, 0.05) is 26.1 Å². The summed E-state index contributed by atoms with van der Waals surface area (Å²) in [6, 6.07) is 10.3. The monoisotopic (exact) mass is 262 g/mol. The molecule has 4 heteroatoms. The van der Waals surface area contributed by atoms with Crippen LogP contribution in [0.4, 0.5) is 0 Å². The fourth-order valence-corrected chi connectivity index (χ4v) is 2.44. The van der Waals surface area contributed by atoms with Gasteiger partial charge in [0.2, 0.25) is 5.91 Å². The average Bonchev–Trinajstić information content (AvgIpc) is 2.93. The Morgan fingerprint density at radius 2 is 2.26 bits per heavy atom. The van der Waals surface area contributed by atoms with E-state index in [9.17, 15) is 4.79 Å². The predicted molar refractivity (Wildman–Crippen MR) is 74.8 cm³/mol. The van der Waals surface area contributed by atoms with E-state index in [0.29, 0.717) is 19.0 Å². The third kappa shape index (κ3) is 4.33. The first kappa shape index (κ1) is 14.0. The molecule has 104 valence electrons. The highest BCUT2D eigenvalue weighted by Crippen LogP contribution is 2.15. The lowest BCUT2D eigenvalue weighted by atomic mass is 10.1. The minimum atomic E-state index is -0.0818. The van der Waals surface area contributed by atoms with Crippen molar-refractivity contribution in [3.8, 4) is 0 Å². The highest BCUT2D eigenvalue weighted by molar-refractivity contribution is 5.76. The van der Waals surface area contributed by atoms with Gasteiger partial charge in [-0.3, -0.25) is 4.79 Å². The van der Waals surface area contributed by atoms with Crippen LogP contribution < -0.4 is 10.6 Å². The zero-order valence-corrected chi connectivity index (χ0v) is 11.4. The third-order valence-corrected chi connectivity index (χ3v) is 3.53. The van der Waals surface area contributed by atoms with Crippen LogP contribution in [0.3, 0.4) is 0 Å². The van der Waals surface area contributed by atoms with Crippen LogP contribution in [-0.4, -0.2) is 32.1 Å². The van der Waals surface area contributed by atoms with Crippen molar-refractivity contribution >= 4 is 5.91 Å². The van der Waals surface area contributed by atoms with Gasteiger partial charge in [0.25, 0.3) is 0 Å². The Kier molecular flexibility index (Phi) is 5.36. The molecule has 2 unspecified atom stereocenters. The van der Waals surface area contributed by atoms with E-state index in [0.717, 1.165) is 18.5 Å². The van der Waals surface area contributed by atoms with Gasteiger partial charge in [0.15, 0.2) is 0 Å². The number of amides is 1. The van der Waals surface area contributed by atoms with Gasteiger partial charge in [0.1, 0.15) is 0 Å². The predicted octanol–water partition coefficient (Wildman–Crippen LogP) is 1.63. The molecule has 2 atom stereocenters. The topological polar surface area (TPSA) is 50.4 Å². The van der Waals surface area contributed by atoms with Crippen LogP contribution in [-0.2, 0) is 9.53 Å². The van der Waals surface area contributed by atoms with Crippen molar-refractivity contribution in [2.24, 2.45) is 0 Å². The number of hydrogen-bond acceptors (Lipinski definition) is 3. The van der Waals surface area contributed by atoms with Gasteiger partial charge in [-0.05, 0) is 24.9 Å². The van der Waals surface area contributed by atoms with Crippen LogP contribution in [0.5, 0.6) is 0 Å². The van der Waals surface area contributed by atoms with Crippen LogP contribution >= 0.6 is 0 Å². The molecule has 2 rings (SSSR count). The maximum absolute atomic E-state index is 11.8. The molecule has 1 fully saturated rings. The summed E-state index contributed by atoms with van der Waals surface area (Å²) >= 11 is 0. The number of carbonyl (C=O) groups is 1. The second-order valence-electron chi connectivity index (χ2n) is 4.94. The Morgan fingerprint density at radius 3 is 2.89 bits per heavy atom. The number of ether oxygens (including phenoxy) is 1. The molecular weight excluding hydrogens is 240 g/mol. The Balaban J connectivity index is 1.78. The molecule has 1 amide bonds. The highest BCUT2D eigenvalue weighted by atomic mass is 16.5. The van der Waals surface area contributed by atoms with Crippen molar-refractivity contribution in [1.29, 1.82) is 0 Å². The molecule has 1 aliphatic rings. The maximum Gasteiger partial charge on any atom is 0.221 e. The third-order valence-electron chi connectivity index (χ3n) is 3.53. The molecule has 0 spiro atoms. The summed E-state index contributed by atoms with van der Waals surface area (Å²) in [6.45, 7) is 1.55. The minimum Gasteiger partial charge on any atom is -0.375 e. The van der Waals surface area contributed by atoms with Gasteiger partial charge < -0.3 is 15.4 Å². The van der Waals surface area contributed by atoms with E-state index in [1.165, 1.54) is 6.42 Å². The lowest BCUT2D eigenvalue weighted by Gasteiger charge is -2.17. The maximum atomic E-state index is 11.8. The van der Waals surface area contributed by atoms with E-state index < -0.39 is 0 Å². The molecule has 0 aromatic heterocycles. The summed E-state index contributed by atoms with van der Waals surface area (Å²) in [5.74, 6) is 0.0948. The molecule has 0 aliphatic carbocycles. The quantitative estimate of drug-likeness (QED) is 0.819. The van der Waals surface area contributed by atoms with Crippen molar-refractivity contribution in [3.63, 3.8) is 0 Å². The summed E-state index contributed by atoms with van der Waals surface area (Å²) in [5, 5.41) is 6.28. The molecule has 0 saturated carbocycles. The number of rotatable bonds is 6. The summed E-state index contributed by atoms with van der Waals surface area (Å²) in [7, 11) is 1.67. The van der Waals surface area contributed by atoms with Crippen LogP contribution in [0, 0.1) is 0 Å². The summed E-state index contributed by atoms with van der Waals surface area (Å²) in [6.07, 6.45) is 2.75. The zero-order chi connectivity index (χ0) is 13.5. The molecular formula is C15H22N2O2. The van der Waals surface area contributed by atoms with Gasteiger partial charge in [-0.1, -0.05) is 30.3 Å². The van der Waals surface area contributed by atoms with E-state index in [1.54, 1.807) is 7.11 Å². The van der Waals surface area contributed by atoms with Gasteiger partial charge in [-0.15, -0.1) is 0 Å². The van der Waals surface area contributed by atoms with Crippen molar-refractivity contribution in [3.05, 3.63) is 35.9 Å². The summed E-state index contributed by atoms with van der Waals surface area (Å²) < 4.78 is 5.43. The SMILES string of the molecule is COC(CNC(=O)CC1CCCN1)c1ccccc1.